The lowest BCUT2D eigenvalue weighted by molar-refractivity contribution is -0.116. The first-order valence-corrected chi connectivity index (χ1v) is 9.22. The largest absolute Gasteiger partial charge is 0.325 e. The number of amides is 1. The van der Waals surface area contributed by atoms with Gasteiger partial charge in [-0.2, -0.15) is 0 Å². The van der Waals surface area contributed by atoms with Gasteiger partial charge in [-0.3, -0.25) is 19.0 Å². The molecular formula is C20H14FN3O3S. The van der Waals surface area contributed by atoms with Gasteiger partial charge in [0.25, 0.3) is 5.56 Å². The highest BCUT2D eigenvalue weighted by Crippen LogP contribution is 2.31. The molecule has 6 nitrogen and oxygen atoms in total. The average Bonchev–Trinajstić information content (AvgIpc) is 3.05. The fourth-order valence-electron chi connectivity index (χ4n) is 2.95. The number of Topliss-reactive ketones (excluding diaryl/α,β-unsaturated/α-hetero) is 1. The van der Waals surface area contributed by atoms with Gasteiger partial charge in [-0.15, -0.1) is 11.3 Å². The number of hydrogen-bond donors (Lipinski definition) is 1. The van der Waals surface area contributed by atoms with Gasteiger partial charge in [0.15, 0.2) is 5.78 Å². The van der Waals surface area contributed by atoms with E-state index in [9.17, 15) is 18.8 Å². The molecule has 0 bridgehead atoms. The van der Waals surface area contributed by atoms with Crippen molar-refractivity contribution in [2.24, 2.45) is 0 Å². The Morgan fingerprint density at radius 1 is 1.21 bits per heavy atom. The van der Waals surface area contributed by atoms with Crippen LogP contribution in [0.15, 0.2) is 53.6 Å². The van der Waals surface area contributed by atoms with Crippen molar-refractivity contribution in [2.45, 2.75) is 13.5 Å². The van der Waals surface area contributed by atoms with Crippen molar-refractivity contribution < 1.29 is 14.0 Å². The molecule has 2 aromatic carbocycles. The molecule has 0 radical (unpaired) electrons. The summed E-state index contributed by atoms with van der Waals surface area (Å²) in [7, 11) is 0. The maximum absolute atomic E-state index is 14.1. The van der Waals surface area contributed by atoms with Gasteiger partial charge in [-0.25, -0.2) is 9.37 Å². The number of rotatable bonds is 4. The minimum Gasteiger partial charge on any atom is -0.325 e. The van der Waals surface area contributed by atoms with Crippen LogP contribution in [0.3, 0.4) is 0 Å². The number of carbonyl (C=O) groups excluding carboxylic acids is 2. The normalized spacial score (nSPS) is 11.1. The molecule has 1 amide bonds. The molecule has 2 aromatic heterocycles. The zero-order valence-corrected chi connectivity index (χ0v) is 15.5. The van der Waals surface area contributed by atoms with Crippen molar-refractivity contribution in [1.29, 1.82) is 0 Å². The van der Waals surface area contributed by atoms with Crippen molar-refractivity contribution in [2.75, 3.05) is 5.32 Å². The van der Waals surface area contributed by atoms with Crippen LogP contribution in [0.4, 0.5) is 10.1 Å². The SMILES string of the molecule is CC(=O)c1cccc(NC(=O)Cn2cnc3c(sc4cccc(F)c43)c2=O)c1. The summed E-state index contributed by atoms with van der Waals surface area (Å²) in [4.78, 5) is 40.7. The van der Waals surface area contributed by atoms with Crippen LogP contribution in [0.1, 0.15) is 17.3 Å². The standard InChI is InChI=1S/C20H14FN3O3S/c1-11(25)12-4-2-5-13(8-12)23-16(26)9-24-10-22-18-17-14(21)6-3-7-15(17)28-19(18)20(24)27/h2-8,10H,9H2,1H3,(H,23,26). The summed E-state index contributed by atoms with van der Waals surface area (Å²) in [5.74, 6) is -0.980. The Labute approximate surface area is 162 Å². The highest BCUT2D eigenvalue weighted by Gasteiger charge is 2.15. The monoisotopic (exact) mass is 395 g/mol. The molecule has 4 rings (SSSR count). The molecule has 28 heavy (non-hydrogen) atoms. The van der Waals surface area contributed by atoms with E-state index in [0.29, 0.717) is 31.6 Å². The summed E-state index contributed by atoms with van der Waals surface area (Å²) in [6.45, 7) is 1.19. The summed E-state index contributed by atoms with van der Waals surface area (Å²) >= 11 is 1.15. The molecule has 0 saturated heterocycles. The van der Waals surface area contributed by atoms with Crippen LogP contribution in [-0.2, 0) is 11.3 Å². The second-order valence-corrected chi connectivity index (χ2v) is 7.31. The van der Waals surface area contributed by atoms with E-state index < -0.39 is 17.3 Å². The molecule has 140 valence electrons. The molecule has 0 fully saturated rings. The number of carbonyl (C=O) groups is 2. The third-order valence-corrected chi connectivity index (χ3v) is 5.42. The summed E-state index contributed by atoms with van der Waals surface area (Å²) < 4.78 is 16.2. The van der Waals surface area contributed by atoms with Gasteiger partial charge in [0, 0.05) is 16.0 Å². The number of hydrogen-bond acceptors (Lipinski definition) is 5. The number of thiophene rings is 1. The number of anilines is 1. The Kier molecular flexibility index (Phi) is 4.48. The van der Waals surface area contributed by atoms with Gasteiger partial charge >= 0.3 is 0 Å². The van der Waals surface area contributed by atoms with Gasteiger partial charge in [0.1, 0.15) is 17.1 Å². The molecule has 0 aliphatic carbocycles. The van der Waals surface area contributed by atoms with Crippen molar-refractivity contribution in [3.05, 3.63) is 70.5 Å². The zero-order chi connectivity index (χ0) is 19.8. The second kappa shape index (κ2) is 6.97. The van der Waals surface area contributed by atoms with Crippen LogP contribution >= 0.6 is 11.3 Å². The van der Waals surface area contributed by atoms with E-state index in [-0.39, 0.29) is 12.3 Å². The van der Waals surface area contributed by atoms with Crippen LogP contribution in [0, 0.1) is 5.82 Å². The Hall–Kier alpha value is -3.39. The molecule has 0 saturated carbocycles. The lowest BCUT2D eigenvalue weighted by atomic mass is 10.1. The Balaban J connectivity index is 1.64. The number of nitrogens with zero attached hydrogens (tertiary/aromatic N) is 2. The Morgan fingerprint density at radius 2 is 2.00 bits per heavy atom. The molecule has 0 atom stereocenters. The first-order valence-electron chi connectivity index (χ1n) is 8.41. The molecule has 4 aromatic rings. The molecule has 0 aliphatic rings. The van der Waals surface area contributed by atoms with E-state index in [1.165, 1.54) is 23.9 Å². The molecule has 0 spiro atoms. The number of nitrogens with one attached hydrogen (secondary N) is 1. The maximum atomic E-state index is 14.1. The minimum absolute atomic E-state index is 0.112. The van der Waals surface area contributed by atoms with Crippen molar-refractivity contribution >= 4 is 49.0 Å². The van der Waals surface area contributed by atoms with Crippen LogP contribution in [0.5, 0.6) is 0 Å². The van der Waals surface area contributed by atoms with E-state index in [1.54, 1.807) is 36.4 Å². The summed E-state index contributed by atoms with van der Waals surface area (Å²) in [6, 6.07) is 11.2. The third-order valence-electron chi connectivity index (χ3n) is 4.29. The second-order valence-electron chi connectivity index (χ2n) is 6.26. The van der Waals surface area contributed by atoms with Gasteiger partial charge in [0.05, 0.1) is 17.2 Å². The molecular weight excluding hydrogens is 381 g/mol. The van der Waals surface area contributed by atoms with Gasteiger partial charge in [-0.1, -0.05) is 18.2 Å². The highest BCUT2D eigenvalue weighted by molar-refractivity contribution is 7.25. The number of halogens is 1. The number of benzene rings is 2. The Bertz CT molecular complexity index is 1310. The minimum atomic E-state index is -0.434. The summed E-state index contributed by atoms with van der Waals surface area (Å²) in [5, 5.41) is 2.98. The first-order chi connectivity index (χ1) is 13.4. The predicted octanol–water partition coefficient (Wildman–Crippen LogP) is 3.59. The first kappa shape index (κ1) is 18.0. The third kappa shape index (κ3) is 3.18. The van der Waals surface area contributed by atoms with E-state index >= 15 is 0 Å². The van der Waals surface area contributed by atoms with Gasteiger partial charge < -0.3 is 5.32 Å². The fraction of sp³-hybridized carbons (Fsp3) is 0.100. The smallest absolute Gasteiger partial charge is 0.271 e. The molecule has 2 heterocycles. The molecule has 8 heteroatoms. The molecule has 0 unspecified atom stereocenters. The van der Waals surface area contributed by atoms with Crippen LogP contribution in [0.25, 0.3) is 20.3 Å². The zero-order valence-electron chi connectivity index (χ0n) is 14.7. The van der Waals surface area contributed by atoms with Crippen LogP contribution < -0.4 is 10.9 Å². The summed E-state index contributed by atoms with van der Waals surface area (Å²) in [5.41, 5.74) is 0.834. The Morgan fingerprint density at radius 3 is 2.79 bits per heavy atom. The number of fused-ring (bicyclic) bond motifs is 3. The lowest BCUT2D eigenvalue weighted by Gasteiger charge is -2.08. The van der Waals surface area contributed by atoms with Crippen molar-refractivity contribution in [3.63, 3.8) is 0 Å². The number of aromatic nitrogens is 2. The molecule has 1 N–H and O–H groups in total. The van der Waals surface area contributed by atoms with E-state index in [2.05, 4.69) is 10.3 Å². The number of ketones is 1. The van der Waals surface area contributed by atoms with E-state index in [4.69, 9.17) is 0 Å². The summed E-state index contributed by atoms with van der Waals surface area (Å²) in [6.07, 6.45) is 1.24. The average molecular weight is 395 g/mol. The predicted molar refractivity (Wildman–Crippen MR) is 106 cm³/mol. The van der Waals surface area contributed by atoms with E-state index in [0.717, 1.165) is 11.3 Å². The van der Waals surface area contributed by atoms with Gasteiger partial charge in [-0.05, 0) is 31.2 Å². The lowest BCUT2D eigenvalue weighted by Crippen LogP contribution is -2.27. The van der Waals surface area contributed by atoms with Crippen molar-refractivity contribution in [1.82, 2.24) is 9.55 Å². The van der Waals surface area contributed by atoms with Crippen LogP contribution in [-0.4, -0.2) is 21.2 Å². The molecule has 0 aliphatic heterocycles. The highest BCUT2D eigenvalue weighted by atomic mass is 32.1. The van der Waals surface area contributed by atoms with Crippen molar-refractivity contribution in [3.8, 4) is 0 Å². The quantitative estimate of drug-likeness (QED) is 0.536. The fourth-order valence-corrected chi connectivity index (χ4v) is 4.07. The van der Waals surface area contributed by atoms with E-state index in [1.807, 2.05) is 0 Å². The van der Waals surface area contributed by atoms with Gasteiger partial charge in [0.2, 0.25) is 5.91 Å². The van der Waals surface area contributed by atoms with Crippen LogP contribution in [0.2, 0.25) is 0 Å². The topological polar surface area (TPSA) is 81.1 Å². The maximum Gasteiger partial charge on any atom is 0.271 e.